The highest BCUT2D eigenvalue weighted by Crippen LogP contribution is 2.48. The fourth-order valence-electron chi connectivity index (χ4n) is 3.08. The van der Waals surface area contributed by atoms with Crippen molar-refractivity contribution in [3.05, 3.63) is 0 Å². The second-order valence-corrected chi connectivity index (χ2v) is 5.36. The Kier molecular flexibility index (Phi) is 4.97. The lowest BCUT2D eigenvalue weighted by Crippen LogP contribution is -2.52. The van der Waals surface area contributed by atoms with Crippen LogP contribution in [-0.2, 0) is 4.74 Å². The average Bonchev–Trinajstić information content (AvgIpc) is 2.38. The Hall–Kier alpha value is -0.590. The van der Waals surface area contributed by atoms with Crippen molar-refractivity contribution in [3.8, 4) is 6.07 Å². The Morgan fingerprint density at radius 2 is 2.00 bits per heavy atom. The molecule has 1 N–H and O–H groups in total. The monoisotopic (exact) mass is 239 g/mol. The number of hydrogen-bond donors (Lipinski definition) is 1. The molecule has 0 heterocycles. The molecule has 1 fully saturated rings. The molecule has 0 aromatic rings. The summed E-state index contributed by atoms with van der Waals surface area (Å²) >= 11 is 0. The van der Waals surface area contributed by atoms with Gasteiger partial charge in [0.25, 0.3) is 0 Å². The Bertz CT molecular complexity index is 276. The summed E-state index contributed by atoms with van der Waals surface area (Å²) in [5, 5.41) is 20.2. The van der Waals surface area contributed by atoms with E-state index in [1.807, 2.05) is 6.92 Å². The largest absolute Gasteiger partial charge is 0.386 e. The lowest BCUT2D eigenvalue weighted by Gasteiger charge is -2.45. The Balaban J connectivity index is 2.86. The number of ether oxygens (including phenoxy) is 1. The molecule has 1 rings (SSSR count). The van der Waals surface area contributed by atoms with Crippen molar-refractivity contribution in [1.29, 1.82) is 5.26 Å². The molecule has 1 aliphatic carbocycles. The van der Waals surface area contributed by atoms with E-state index in [1.54, 1.807) is 7.11 Å². The molecule has 1 aliphatic rings. The third kappa shape index (κ3) is 2.64. The van der Waals surface area contributed by atoms with Crippen LogP contribution in [0.15, 0.2) is 0 Å². The maximum atomic E-state index is 10.7. The normalized spacial score (nSPS) is 32.8. The molecule has 0 spiro atoms. The van der Waals surface area contributed by atoms with Crippen molar-refractivity contribution in [2.75, 3.05) is 13.7 Å². The van der Waals surface area contributed by atoms with Gasteiger partial charge in [-0.3, -0.25) is 0 Å². The van der Waals surface area contributed by atoms with Crippen molar-refractivity contribution < 1.29 is 9.84 Å². The summed E-state index contributed by atoms with van der Waals surface area (Å²) in [5.74, 6) is 0.722. The zero-order chi connectivity index (χ0) is 12.9. The van der Waals surface area contributed by atoms with E-state index in [0.717, 1.165) is 31.6 Å². The number of nitrogens with zero attached hydrogens (tertiary/aromatic N) is 1. The minimum Gasteiger partial charge on any atom is -0.386 e. The number of rotatable bonds is 5. The van der Waals surface area contributed by atoms with E-state index in [4.69, 9.17) is 4.74 Å². The molecular weight excluding hydrogens is 214 g/mol. The van der Waals surface area contributed by atoms with Crippen molar-refractivity contribution in [1.82, 2.24) is 0 Å². The highest BCUT2D eigenvalue weighted by atomic mass is 16.5. The molecule has 1 unspecified atom stereocenters. The first-order chi connectivity index (χ1) is 8.07. The first-order valence-corrected chi connectivity index (χ1v) is 6.70. The maximum Gasteiger partial charge on any atom is 0.106 e. The molecule has 0 aromatic carbocycles. The summed E-state index contributed by atoms with van der Waals surface area (Å²) < 4.78 is 5.13. The van der Waals surface area contributed by atoms with E-state index in [-0.39, 0.29) is 6.61 Å². The maximum absolute atomic E-state index is 10.7. The molecule has 98 valence electrons. The summed E-state index contributed by atoms with van der Waals surface area (Å²) in [4.78, 5) is 0. The summed E-state index contributed by atoms with van der Waals surface area (Å²) in [6.45, 7) is 4.39. The van der Waals surface area contributed by atoms with Gasteiger partial charge in [-0.15, -0.1) is 0 Å². The van der Waals surface area contributed by atoms with Crippen LogP contribution in [0.4, 0.5) is 0 Å². The molecule has 0 bridgehead atoms. The van der Waals surface area contributed by atoms with Crippen LogP contribution >= 0.6 is 0 Å². The molecule has 1 atom stereocenters. The van der Waals surface area contributed by atoms with Gasteiger partial charge < -0.3 is 9.84 Å². The van der Waals surface area contributed by atoms with Crippen LogP contribution in [0.1, 0.15) is 52.4 Å². The Morgan fingerprint density at radius 1 is 1.41 bits per heavy atom. The van der Waals surface area contributed by atoms with Gasteiger partial charge in [0.05, 0.1) is 18.1 Å². The predicted molar refractivity (Wildman–Crippen MR) is 67.4 cm³/mol. The van der Waals surface area contributed by atoms with Crippen LogP contribution in [0.25, 0.3) is 0 Å². The van der Waals surface area contributed by atoms with Crippen LogP contribution < -0.4 is 0 Å². The van der Waals surface area contributed by atoms with E-state index in [9.17, 15) is 10.4 Å². The summed E-state index contributed by atoms with van der Waals surface area (Å²) in [5.41, 5.74) is -1.60. The van der Waals surface area contributed by atoms with Crippen LogP contribution in [0.2, 0.25) is 0 Å². The number of nitriles is 1. The van der Waals surface area contributed by atoms with Gasteiger partial charge in [-0.1, -0.05) is 20.3 Å². The smallest absolute Gasteiger partial charge is 0.106 e. The Labute approximate surface area is 105 Å². The summed E-state index contributed by atoms with van der Waals surface area (Å²) in [6.07, 6.45) is 5.46. The second-order valence-electron chi connectivity index (χ2n) is 5.36. The topological polar surface area (TPSA) is 53.2 Å². The molecular formula is C14H25NO2. The molecule has 0 radical (unpaired) electrons. The van der Waals surface area contributed by atoms with Gasteiger partial charge in [0.15, 0.2) is 0 Å². The van der Waals surface area contributed by atoms with E-state index >= 15 is 0 Å². The summed E-state index contributed by atoms with van der Waals surface area (Å²) in [7, 11) is 1.59. The van der Waals surface area contributed by atoms with E-state index in [1.165, 1.54) is 6.42 Å². The third-order valence-electron chi connectivity index (χ3n) is 4.61. The van der Waals surface area contributed by atoms with Gasteiger partial charge >= 0.3 is 0 Å². The zero-order valence-corrected chi connectivity index (χ0v) is 11.3. The number of methoxy groups -OCH3 is 1. The first-order valence-electron chi connectivity index (χ1n) is 6.70. The van der Waals surface area contributed by atoms with Crippen molar-refractivity contribution >= 4 is 0 Å². The minimum atomic E-state index is -0.991. The lowest BCUT2D eigenvalue weighted by atomic mass is 9.61. The third-order valence-corrected chi connectivity index (χ3v) is 4.61. The second kappa shape index (κ2) is 5.84. The van der Waals surface area contributed by atoms with Gasteiger partial charge in [0, 0.05) is 7.11 Å². The molecule has 3 nitrogen and oxygen atoms in total. The fraction of sp³-hybridized carbons (Fsp3) is 0.929. The van der Waals surface area contributed by atoms with Gasteiger partial charge in [0.2, 0.25) is 0 Å². The number of hydrogen-bond acceptors (Lipinski definition) is 3. The van der Waals surface area contributed by atoms with Crippen LogP contribution in [0.5, 0.6) is 0 Å². The van der Waals surface area contributed by atoms with Gasteiger partial charge in [-0.05, 0) is 38.0 Å². The van der Waals surface area contributed by atoms with Crippen molar-refractivity contribution in [3.63, 3.8) is 0 Å². The predicted octanol–water partition coefficient (Wildman–Crippen LogP) is 2.88. The van der Waals surface area contributed by atoms with E-state index < -0.39 is 11.0 Å². The molecule has 0 aliphatic heterocycles. The Morgan fingerprint density at radius 3 is 2.35 bits per heavy atom. The van der Waals surface area contributed by atoms with Crippen LogP contribution in [0, 0.1) is 22.7 Å². The molecule has 0 amide bonds. The quantitative estimate of drug-likeness (QED) is 0.802. The molecule has 0 aromatic heterocycles. The SMILES string of the molecule is CCC1CCC(C#N)(C(O)(CC)COC)CC1. The van der Waals surface area contributed by atoms with Gasteiger partial charge in [0.1, 0.15) is 5.60 Å². The lowest BCUT2D eigenvalue weighted by molar-refractivity contribution is -0.121. The van der Waals surface area contributed by atoms with Gasteiger partial charge in [-0.2, -0.15) is 5.26 Å². The standard InChI is InChI=1S/C14H25NO2/c1-4-12-6-8-13(10-15,9-7-12)14(16,5-2)11-17-3/h12,16H,4-9,11H2,1-3H3. The van der Waals surface area contributed by atoms with E-state index in [0.29, 0.717) is 6.42 Å². The van der Waals surface area contributed by atoms with Gasteiger partial charge in [-0.25, -0.2) is 0 Å². The number of aliphatic hydroxyl groups is 1. The average molecular weight is 239 g/mol. The van der Waals surface area contributed by atoms with Crippen molar-refractivity contribution in [2.24, 2.45) is 11.3 Å². The summed E-state index contributed by atoms with van der Waals surface area (Å²) in [6, 6.07) is 2.41. The zero-order valence-electron chi connectivity index (χ0n) is 11.3. The highest BCUT2D eigenvalue weighted by molar-refractivity contribution is 5.12. The fourth-order valence-corrected chi connectivity index (χ4v) is 3.08. The molecule has 1 saturated carbocycles. The minimum absolute atomic E-state index is 0.258. The highest BCUT2D eigenvalue weighted by Gasteiger charge is 2.51. The molecule has 0 saturated heterocycles. The molecule has 17 heavy (non-hydrogen) atoms. The van der Waals surface area contributed by atoms with Crippen LogP contribution in [0.3, 0.4) is 0 Å². The van der Waals surface area contributed by atoms with Crippen LogP contribution in [-0.4, -0.2) is 24.4 Å². The van der Waals surface area contributed by atoms with E-state index in [2.05, 4.69) is 13.0 Å². The first kappa shape index (κ1) is 14.5. The van der Waals surface area contributed by atoms with Crippen molar-refractivity contribution in [2.45, 2.75) is 58.0 Å². The molecule has 3 heteroatoms.